The van der Waals surface area contributed by atoms with Gasteiger partial charge in [0.15, 0.2) is 0 Å². The summed E-state index contributed by atoms with van der Waals surface area (Å²) >= 11 is 0. The SMILES string of the molecule is CCc1nn2c(c1-c1ccc(F)cc1)NC(=O)C2CC(=O)Nc1cccc(OC)c1. The van der Waals surface area contributed by atoms with Gasteiger partial charge in [-0.05, 0) is 36.2 Å². The van der Waals surface area contributed by atoms with Gasteiger partial charge in [-0.25, -0.2) is 9.07 Å². The highest BCUT2D eigenvalue weighted by atomic mass is 19.1. The van der Waals surface area contributed by atoms with E-state index in [2.05, 4.69) is 15.7 Å². The Balaban J connectivity index is 1.59. The van der Waals surface area contributed by atoms with E-state index in [1.165, 1.54) is 12.1 Å². The number of methoxy groups -OCH3 is 1. The van der Waals surface area contributed by atoms with Crippen LogP contribution in [0.5, 0.6) is 5.75 Å². The number of nitrogens with one attached hydrogen (secondary N) is 2. The van der Waals surface area contributed by atoms with Crippen molar-refractivity contribution in [3.05, 3.63) is 60.0 Å². The molecule has 0 saturated carbocycles. The number of ether oxygens (including phenoxy) is 1. The van der Waals surface area contributed by atoms with Crippen molar-refractivity contribution >= 4 is 23.3 Å². The summed E-state index contributed by atoms with van der Waals surface area (Å²) in [6.07, 6.45) is 0.565. The average Bonchev–Trinajstić information content (AvgIpc) is 3.24. The van der Waals surface area contributed by atoms with Crippen LogP contribution >= 0.6 is 0 Å². The Bertz CT molecular complexity index is 1110. The number of halogens is 1. The molecule has 3 aromatic rings. The lowest BCUT2D eigenvalue weighted by molar-refractivity contribution is -0.123. The van der Waals surface area contributed by atoms with Gasteiger partial charge in [-0.1, -0.05) is 25.1 Å². The zero-order chi connectivity index (χ0) is 21.3. The quantitative estimate of drug-likeness (QED) is 0.650. The molecule has 2 aromatic carbocycles. The maximum absolute atomic E-state index is 13.3. The van der Waals surface area contributed by atoms with Crippen LogP contribution in [0, 0.1) is 5.82 Å². The molecule has 0 fully saturated rings. The smallest absolute Gasteiger partial charge is 0.251 e. The number of rotatable bonds is 6. The summed E-state index contributed by atoms with van der Waals surface area (Å²) < 4.78 is 20.1. The van der Waals surface area contributed by atoms with E-state index in [4.69, 9.17) is 4.74 Å². The molecule has 0 spiro atoms. The van der Waals surface area contributed by atoms with Crippen LogP contribution in [0.2, 0.25) is 0 Å². The molecule has 2 amide bonds. The summed E-state index contributed by atoms with van der Waals surface area (Å²) in [4.78, 5) is 25.2. The van der Waals surface area contributed by atoms with E-state index in [1.54, 1.807) is 48.2 Å². The fraction of sp³-hybridized carbons (Fsp3) is 0.227. The highest BCUT2D eigenvalue weighted by Gasteiger charge is 2.36. The van der Waals surface area contributed by atoms with E-state index in [-0.39, 0.29) is 24.1 Å². The first kappa shape index (κ1) is 19.6. The van der Waals surface area contributed by atoms with E-state index in [9.17, 15) is 14.0 Å². The minimum Gasteiger partial charge on any atom is -0.497 e. The molecule has 2 heterocycles. The molecule has 0 saturated heterocycles. The van der Waals surface area contributed by atoms with Crippen LogP contribution in [0.15, 0.2) is 48.5 Å². The number of benzene rings is 2. The Labute approximate surface area is 172 Å². The minimum atomic E-state index is -0.759. The summed E-state index contributed by atoms with van der Waals surface area (Å²) in [5, 5.41) is 10.2. The molecule has 2 N–H and O–H groups in total. The molecular formula is C22H21FN4O3. The number of carbonyl (C=O) groups excluding carboxylic acids is 2. The molecule has 1 aliphatic rings. The molecule has 4 rings (SSSR count). The second kappa shape index (κ2) is 7.98. The molecule has 0 aliphatic carbocycles. The first-order chi connectivity index (χ1) is 14.5. The van der Waals surface area contributed by atoms with Gasteiger partial charge in [0, 0.05) is 17.3 Å². The molecular weight excluding hydrogens is 387 g/mol. The number of amides is 2. The number of aromatic nitrogens is 2. The van der Waals surface area contributed by atoms with E-state index in [0.717, 1.165) is 16.8 Å². The Morgan fingerprint density at radius 2 is 2.03 bits per heavy atom. The van der Waals surface area contributed by atoms with Gasteiger partial charge in [-0.15, -0.1) is 0 Å². The van der Waals surface area contributed by atoms with Gasteiger partial charge >= 0.3 is 0 Å². The van der Waals surface area contributed by atoms with E-state index in [0.29, 0.717) is 23.7 Å². The average molecular weight is 408 g/mol. The van der Waals surface area contributed by atoms with Gasteiger partial charge in [-0.3, -0.25) is 9.59 Å². The molecule has 1 unspecified atom stereocenters. The van der Waals surface area contributed by atoms with Crippen LogP contribution < -0.4 is 15.4 Å². The predicted molar refractivity (Wildman–Crippen MR) is 111 cm³/mol. The highest BCUT2D eigenvalue weighted by Crippen LogP contribution is 2.38. The van der Waals surface area contributed by atoms with Crippen molar-refractivity contribution < 1.29 is 18.7 Å². The van der Waals surface area contributed by atoms with Gasteiger partial charge in [-0.2, -0.15) is 5.10 Å². The molecule has 1 aromatic heterocycles. The van der Waals surface area contributed by atoms with Crippen LogP contribution in [0.25, 0.3) is 11.1 Å². The number of hydrogen-bond donors (Lipinski definition) is 2. The molecule has 1 aliphatic heterocycles. The first-order valence-corrected chi connectivity index (χ1v) is 9.62. The van der Waals surface area contributed by atoms with Gasteiger partial charge < -0.3 is 15.4 Å². The van der Waals surface area contributed by atoms with Crippen LogP contribution in [-0.2, 0) is 16.0 Å². The third-order valence-electron chi connectivity index (χ3n) is 5.02. The summed E-state index contributed by atoms with van der Waals surface area (Å²) in [5.74, 6) is 0.203. The van der Waals surface area contributed by atoms with Crippen LogP contribution in [0.3, 0.4) is 0 Å². The zero-order valence-corrected chi connectivity index (χ0v) is 16.6. The molecule has 30 heavy (non-hydrogen) atoms. The molecule has 8 heteroatoms. The first-order valence-electron chi connectivity index (χ1n) is 9.62. The third-order valence-corrected chi connectivity index (χ3v) is 5.02. The zero-order valence-electron chi connectivity index (χ0n) is 16.6. The lowest BCUT2D eigenvalue weighted by Gasteiger charge is -2.11. The van der Waals surface area contributed by atoms with Crippen molar-refractivity contribution in [1.82, 2.24) is 9.78 Å². The van der Waals surface area contributed by atoms with Crippen LogP contribution in [0.4, 0.5) is 15.9 Å². The molecule has 154 valence electrons. The number of nitrogens with zero attached hydrogens (tertiary/aromatic N) is 2. The van der Waals surface area contributed by atoms with Crippen molar-refractivity contribution in [2.45, 2.75) is 25.8 Å². The number of fused-ring (bicyclic) bond motifs is 1. The van der Waals surface area contributed by atoms with Gasteiger partial charge in [0.05, 0.1) is 19.2 Å². The van der Waals surface area contributed by atoms with Crippen molar-refractivity contribution in [3.63, 3.8) is 0 Å². The largest absolute Gasteiger partial charge is 0.497 e. The molecule has 0 bridgehead atoms. The van der Waals surface area contributed by atoms with Gasteiger partial charge in [0.1, 0.15) is 23.4 Å². The van der Waals surface area contributed by atoms with E-state index in [1.807, 2.05) is 6.92 Å². The maximum atomic E-state index is 13.3. The Kier molecular flexibility index (Phi) is 5.22. The third kappa shape index (κ3) is 3.63. The van der Waals surface area contributed by atoms with Crippen molar-refractivity contribution in [1.29, 1.82) is 0 Å². The fourth-order valence-electron chi connectivity index (χ4n) is 3.57. The topological polar surface area (TPSA) is 85.2 Å². The summed E-state index contributed by atoms with van der Waals surface area (Å²) in [7, 11) is 1.55. The Hall–Kier alpha value is -3.68. The molecule has 0 radical (unpaired) electrons. The number of aryl methyl sites for hydroxylation is 1. The maximum Gasteiger partial charge on any atom is 0.251 e. The summed E-state index contributed by atoms with van der Waals surface area (Å²) in [6, 6.07) is 12.3. The summed E-state index contributed by atoms with van der Waals surface area (Å²) in [6.45, 7) is 1.96. The van der Waals surface area contributed by atoms with Crippen LogP contribution in [0.1, 0.15) is 25.1 Å². The standard InChI is InChI=1S/C22H21FN4O3/c1-3-17-20(13-7-9-14(23)10-8-13)21-25-22(29)18(27(21)26-17)12-19(28)24-15-5-4-6-16(11-15)30-2/h4-11,18H,3,12H2,1-2H3,(H,24,28)(H,25,29). The number of carbonyl (C=O) groups is 2. The number of hydrogen-bond acceptors (Lipinski definition) is 4. The lowest BCUT2D eigenvalue weighted by Crippen LogP contribution is -2.24. The van der Waals surface area contributed by atoms with E-state index >= 15 is 0 Å². The molecule has 1 atom stereocenters. The van der Waals surface area contributed by atoms with Crippen molar-refractivity contribution in [3.8, 4) is 16.9 Å². The van der Waals surface area contributed by atoms with Crippen molar-refractivity contribution in [2.75, 3.05) is 17.7 Å². The predicted octanol–water partition coefficient (Wildman–Crippen LogP) is 3.78. The van der Waals surface area contributed by atoms with E-state index < -0.39 is 6.04 Å². The minimum absolute atomic E-state index is 0.0657. The number of anilines is 2. The summed E-state index contributed by atoms with van der Waals surface area (Å²) in [5.41, 5.74) is 2.87. The highest BCUT2D eigenvalue weighted by molar-refractivity contribution is 6.04. The monoisotopic (exact) mass is 408 g/mol. The van der Waals surface area contributed by atoms with Crippen LogP contribution in [-0.4, -0.2) is 28.7 Å². The van der Waals surface area contributed by atoms with Gasteiger partial charge in [0.2, 0.25) is 5.91 Å². The fourth-order valence-corrected chi connectivity index (χ4v) is 3.57. The van der Waals surface area contributed by atoms with Crippen molar-refractivity contribution in [2.24, 2.45) is 0 Å². The van der Waals surface area contributed by atoms with Gasteiger partial charge in [0.25, 0.3) is 5.91 Å². The second-order valence-corrected chi connectivity index (χ2v) is 6.96. The Morgan fingerprint density at radius 3 is 2.73 bits per heavy atom. The molecule has 7 nitrogen and oxygen atoms in total. The lowest BCUT2D eigenvalue weighted by atomic mass is 10.0. The second-order valence-electron chi connectivity index (χ2n) is 6.96. The normalized spacial score (nSPS) is 14.9. The Morgan fingerprint density at radius 1 is 1.27 bits per heavy atom.